The lowest BCUT2D eigenvalue weighted by atomic mass is 10.2. The standard InChI is InChI=1S/C19H20N4O5/c20-12-14-2-1-3-17(14)19(25)28-13-18(24)22-10-8-21(9-11-22)15-4-6-16(7-5-15)23(26)27/h4-7H,1-3,8-11,13H2. The smallest absolute Gasteiger partial charge is 0.335 e. The summed E-state index contributed by atoms with van der Waals surface area (Å²) in [7, 11) is 0. The molecule has 0 saturated carbocycles. The van der Waals surface area contributed by atoms with E-state index < -0.39 is 10.9 Å². The lowest BCUT2D eigenvalue weighted by Gasteiger charge is -2.36. The zero-order valence-corrected chi connectivity index (χ0v) is 15.3. The van der Waals surface area contributed by atoms with Gasteiger partial charge in [0.05, 0.1) is 16.6 Å². The molecule has 0 aromatic heterocycles. The van der Waals surface area contributed by atoms with Crippen molar-refractivity contribution in [3.8, 4) is 6.07 Å². The van der Waals surface area contributed by atoms with Crippen molar-refractivity contribution >= 4 is 23.3 Å². The van der Waals surface area contributed by atoms with Crippen LogP contribution in [0.3, 0.4) is 0 Å². The normalized spacial score (nSPS) is 16.7. The first kappa shape index (κ1) is 19.4. The molecule has 1 aromatic carbocycles. The predicted molar refractivity (Wildman–Crippen MR) is 99.3 cm³/mol. The lowest BCUT2D eigenvalue weighted by Crippen LogP contribution is -2.49. The highest BCUT2D eigenvalue weighted by atomic mass is 16.6. The van der Waals surface area contributed by atoms with E-state index in [4.69, 9.17) is 10.00 Å². The second kappa shape index (κ2) is 8.52. The number of carbonyl (C=O) groups excluding carboxylic acids is 2. The summed E-state index contributed by atoms with van der Waals surface area (Å²) in [6.07, 6.45) is 1.86. The maximum atomic E-state index is 12.3. The highest BCUT2D eigenvalue weighted by Crippen LogP contribution is 2.26. The molecule has 0 atom stereocenters. The van der Waals surface area contributed by atoms with Crippen LogP contribution in [0.2, 0.25) is 0 Å². The van der Waals surface area contributed by atoms with Crippen LogP contribution in [0.1, 0.15) is 19.3 Å². The van der Waals surface area contributed by atoms with Crippen LogP contribution in [0.5, 0.6) is 0 Å². The molecule has 3 rings (SSSR count). The van der Waals surface area contributed by atoms with Gasteiger partial charge in [0.2, 0.25) is 0 Å². The van der Waals surface area contributed by atoms with Gasteiger partial charge in [-0.25, -0.2) is 4.79 Å². The number of non-ortho nitro benzene ring substituents is 1. The number of hydrogen-bond acceptors (Lipinski definition) is 7. The average Bonchev–Trinajstić information content (AvgIpc) is 3.21. The summed E-state index contributed by atoms with van der Waals surface area (Å²) >= 11 is 0. The van der Waals surface area contributed by atoms with Gasteiger partial charge in [-0.1, -0.05) is 0 Å². The fourth-order valence-corrected chi connectivity index (χ4v) is 3.40. The molecule has 0 unspecified atom stereocenters. The quantitative estimate of drug-likeness (QED) is 0.431. The third-order valence-corrected chi connectivity index (χ3v) is 4.98. The molecule has 1 aromatic rings. The third-order valence-electron chi connectivity index (χ3n) is 4.98. The number of esters is 1. The van der Waals surface area contributed by atoms with Crippen molar-refractivity contribution in [3.05, 3.63) is 45.5 Å². The number of allylic oxidation sites excluding steroid dienone is 1. The fraction of sp³-hybridized carbons (Fsp3) is 0.421. The van der Waals surface area contributed by atoms with Gasteiger partial charge in [-0.2, -0.15) is 5.26 Å². The first-order valence-corrected chi connectivity index (χ1v) is 9.06. The minimum atomic E-state index is -0.577. The zero-order valence-electron chi connectivity index (χ0n) is 15.3. The summed E-state index contributed by atoms with van der Waals surface area (Å²) in [6.45, 7) is 1.78. The van der Waals surface area contributed by atoms with Crippen LogP contribution in [-0.2, 0) is 14.3 Å². The SMILES string of the molecule is N#CC1=C(C(=O)OCC(=O)N2CCN(c3ccc([N+](=O)[O-])cc3)CC2)CCC1. The summed E-state index contributed by atoms with van der Waals surface area (Å²) in [5.74, 6) is -0.847. The van der Waals surface area contributed by atoms with Crippen molar-refractivity contribution in [2.75, 3.05) is 37.7 Å². The van der Waals surface area contributed by atoms with E-state index in [2.05, 4.69) is 0 Å². The van der Waals surface area contributed by atoms with Gasteiger partial charge in [-0.15, -0.1) is 0 Å². The number of anilines is 1. The topological polar surface area (TPSA) is 117 Å². The Hall–Kier alpha value is -3.41. The molecule has 1 fully saturated rings. The molecule has 1 saturated heterocycles. The van der Waals surface area contributed by atoms with Crippen molar-refractivity contribution in [2.45, 2.75) is 19.3 Å². The van der Waals surface area contributed by atoms with Gasteiger partial charge in [0.1, 0.15) is 0 Å². The van der Waals surface area contributed by atoms with Gasteiger partial charge in [0, 0.05) is 49.6 Å². The van der Waals surface area contributed by atoms with Gasteiger partial charge in [-0.3, -0.25) is 14.9 Å². The Labute approximate surface area is 161 Å². The largest absolute Gasteiger partial charge is 0.452 e. The van der Waals surface area contributed by atoms with Crippen LogP contribution >= 0.6 is 0 Å². The van der Waals surface area contributed by atoms with Crippen LogP contribution in [-0.4, -0.2) is 54.5 Å². The highest BCUT2D eigenvalue weighted by molar-refractivity contribution is 5.92. The predicted octanol–water partition coefficient (Wildman–Crippen LogP) is 1.79. The van der Waals surface area contributed by atoms with E-state index >= 15 is 0 Å². The molecule has 1 amide bonds. The Balaban J connectivity index is 1.48. The molecule has 9 nitrogen and oxygen atoms in total. The number of piperazine rings is 1. The molecule has 0 spiro atoms. The Morgan fingerprint density at radius 2 is 1.82 bits per heavy atom. The van der Waals surface area contributed by atoms with Gasteiger partial charge in [0.15, 0.2) is 6.61 Å². The maximum absolute atomic E-state index is 12.3. The van der Waals surface area contributed by atoms with Gasteiger partial charge >= 0.3 is 5.97 Å². The number of nitriles is 1. The second-order valence-corrected chi connectivity index (χ2v) is 6.64. The molecule has 2 aliphatic rings. The van der Waals surface area contributed by atoms with Gasteiger partial charge in [0.25, 0.3) is 11.6 Å². The monoisotopic (exact) mass is 384 g/mol. The third kappa shape index (κ3) is 4.28. The zero-order chi connectivity index (χ0) is 20.1. The number of nitrogens with zero attached hydrogens (tertiary/aromatic N) is 4. The molecule has 0 bridgehead atoms. The van der Waals surface area contributed by atoms with Crippen molar-refractivity contribution in [1.29, 1.82) is 5.26 Å². The summed E-state index contributed by atoms with van der Waals surface area (Å²) in [5.41, 5.74) is 1.74. The Kier molecular flexibility index (Phi) is 5.89. The summed E-state index contributed by atoms with van der Waals surface area (Å²) in [5, 5.41) is 19.7. The van der Waals surface area contributed by atoms with E-state index in [1.54, 1.807) is 17.0 Å². The van der Waals surface area contributed by atoms with E-state index in [1.807, 2.05) is 11.0 Å². The Morgan fingerprint density at radius 3 is 2.43 bits per heavy atom. The lowest BCUT2D eigenvalue weighted by molar-refractivity contribution is -0.384. The van der Waals surface area contributed by atoms with Gasteiger partial charge in [-0.05, 0) is 31.4 Å². The van der Waals surface area contributed by atoms with E-state index in [0.29, 0.717) is 50.2 Å². The molecule has 28 heavy (non-hydrogen) atoms. The van der Waals surface area contributed by atoms with Crippen molar-refractivity contribution in [3.63, 3.8) is 0 Å². The number of rotatable bonds is 5. The Bertz CT molecular complexity index is 848. The number of benzene rings is 1. The molecule has 1 heterocycles. The van der Waals surface area contributed by atoms with Crippen molar-refractivity contribution < 1.29 is 19.2 Å². The van der Waals surface area contributed by atoms with E-state index in [0.717, 1.165) is 12.1 Å². The number of nitro benzene ring substituents is 1. The molecular formula is C19H20N4O5. The summed E-state index contributed by atoms with van der Waals surface area (Å²) in [6, 6.07) is 8.32. The van der Waals surface area contributed by atoms with Crippen LogP contribution < -0.4 is 4.90 Å². The molecule has 9 heteroatoms. The van der Waals surface area contributed by atoms with Gasteiger partial charge < -0.3 is 14.5 Å². The fourth-order valence-electron chi connectivity index (χ4n) is 3.40. The number of carbonyl (C=O) groups is 2. The number of nitro groups is 1. The minimum absolute atomic E-state index is 0.0383. The number of ether oxygens (including phenoxy) is 1. The van der Waals surface area contributed by atoms with Crippen LogP contribution in [0.15, 0.2) is 35.4 Å². The molecule has 0 N–H and O–H groups in total. The molecule has 1 aliphatic heterocycles. The van der Waals surface area contributed by atoms with Crippen LogP contribution in [0.4, 0.5) is 11.4 Å². The van der Waals surface area contributed by atoms with Crippen molar-refractivity contribution in [2.24, 2.45) is 0 Å². The Morgan fingerprint density at radius 1 is 1.14 bits per heavy atom. The summed E-state index contributed by atoms with van der Waals surface area (Å²) in [4.78, 5) is 38.3. The first-order chi connectivity index (χ1) is 13.5. The minimum Gasteiger partial charge on any atom is -0.452 e. The average molecular weight is 384 g/mol. The van der Waals surface area contributed by atoms with E-state index in [-0.39, 0.29) is 18.2 Å². The van der Waals surface area contributed by atoms with E-state index in [1.165, 1.54) is 12.1 Å². The molecule has 0 radical (unpaired) electrons. The second-order valence-electron chi connectivity index (χ2n) is 6.64. The molecule has 1 aliphatic carbocycles. The van der Waals surface area contributed by atoms with Crippen molar-refractivity contribution in [1.82, 2.24) is 4.90 Å². The molecular weight excluding hydrogens is 364 g/mol. The van der Waals surface area contributed by atoms with E-state index in [9.17, 15) is 19.7 Å². The number of amides is 1. The van der Waals surface area contributed by atoms with Crippen LogP contribution in [0.25, 0.3) is 0 Å². The first-order valence-electron chi connectivity index (χ1n) is 9.06. The highest BCUT2D eigenvalue weighted by Gasteiger charge is 2.25. The number of hydrogen-bond donors (Lipinski definition) is 0. The molecule has 146 valence electrons. The van der Waals surface area contributed by atoms with Crippen LogP contribution in [0, 0.1) is 21.4 Å². The maximum Gasteiger partial charge on any atom is 0.335 e. The summed E-state index contributed by atoms with van der Waals surface area (Å²) < 4.78 is 5.10.